The van der Waals surface area contributed by atoms with Gasteiger partial charge in [0.05, 0.1) is 12.2 Å². The summed E-state index contributed by atoms with van der Waals surface area (Å²) in [5.74, 6) is 0. The van der Waals surface area contributed by atoms with Gasteiger partial charge in [0.1, 0.15) is 0 Å². The van der Waals surface area contributed by atoms with E-state index in [1.54, 1.807) is 0 Å². The van der Waals surface area contributed by atoms with Gasteiger partial charge >= 0.3 is 0 Å². The summed E-state index contributed by atoms with van der Waals surface area (Å²) in [5.41, 5.74) is 4.14. The highest BCUT2D eigenvalue weighted by Crippen LogP contribution is 2.28. The average Bonchev–Trinajstić information content (AvgIpc) is 2.81. The molecule has 1 aromatic rings. The summed E-state index contributed by atoms with van der Waals surface area (Å²) < 4.78 is 5.78. The molecule has 1 aliphatic carbocycles. The van der Waals surface area contributed by atoms with Crippen molar-refractivity contribution in [3.05, 3.63) is 34.9 Å². The highest BCUT2D eigenvalue weighted by molar-refractivity contribution is 5.35. The van der Waals surface area contributed by atoms with Crippen LogP contribution < -0.4 is 0 Å². The summed E-state index contributed by atoms with van der Waals surface area (Å²) in [4.78, 5) is 0. The van der Waals surface area contributed by atoms with Crippen LogP contribution in [0.25, 0.3) is 0 Å². The van der Waals surface area contributed by atoms with Crippen molar-refractivity contribution in [2.45, 2.75) is 65.6 Å². The summed E-state index contributed by atoms with van der Waals surface area (Å²) in [5, 5.41) is 10.6. The van der Waals surface area contributed by atoms with Crippen LogP contribution in [0.15, 0.2) is 18.2 Å². The normalized spacial score (nSPS) is 17.9. The molecule has 2 atom stereocenters. The maximum Gasteiger partial charge on any atom is 0.0885 e. The fourth-order valence-electron chi connectivity index (χ4n) is 3.22. The van der Waals surface area contributed by atoms with Gasteiger partial charge < -0.3 is 9.84 Å². The molecule has 0 fully saturated rings. The molecule has 1 aliphatic rings. The van der Waals surface area contributed by atoms with Crippen LogP contribution in [-0.2, 0) is 24.0 Å². The fraction of sp³-hybridized carbons (Fsp3) is 0.667. The summed E-state index contributed by atoms with van der Waals surface area (Å²) in [6.45, 7) is 9.00. The number of hydrogen-bond donors (Lipinski definition) is 1. The first-order valence-corrected chi connectivity index (χ1v) is 7.82. The fourth-order valence-corrected chi connectivity index (χ4v) is 3.22. The lowest BCUT2D eigenvalue weighted by Gasteiger charge is -2.34. The number of benzene rings is 1. The van der Waals surface area contributed by atoms with Crippen LogP contribution in [0.4, 0.5) is 0 Å². The Balaban J connectivity index is 2.07. The molecule has 0 bridgehead atoms. The standard InChI is InChI=1S/C18H28O2/c1-5-20-17(18(2,3)4)16(19)12-13-9-10-14-7-6-8-15(14)11-13/h9-11,16-17,19H,5-8,12H2,1-4H3. The number of aliphatic hydroxyl groups is 1. The first-order chi connectivity index (χ1) is 9.41. The van der Waals surface area contributed by atoms with E-state index in [0.717, 1.165) is 0 Å². The van der Waals surface area contributed by atoms with Crippen molar-refractivity contribution in [2.75, 3.05) is 6.61 Å². The molecular formula is C18H28O2. The van der Waals surface area contributed by atoms with Gasteiger partial charge in [-0.1, -0.05) is 39.0 Å². The molecule has 1 aromatic carbocycles. The zero-order chi connectivity index (χ0) is 14.8. The molecule has 0 radical (unpaired) electrons. The van der Waals surface area contributed by atoms with Crippen molar-refractivity contribution in [1.82, 2.24) is 0 Å². The predicted octanol–water partition coefficient (Wildman–Crippen LogP) is 3.53. The smallest absolute Gasteiger partial charge is 0.0885 e. The third kappa shape index (κ3) is 3.62. The van der Waals surface area contributed by atoms with Crippen molar-refractivity contribution >= 4 is 0 Å². The maximum absolute atomic E-state index is 10.6. The Morgan fingerprint density at radius 2 is 1.90 bits per heavy atom. The van der Waals surface area contributed by atoms with E-state index in [0.29, 0.717) is 13.0 Å². The minimum atomic E-state index is -0.450. The molecule has 0 amide bonds. The molecule has 20 heavy (non-hydrogen) atoms. The van der Waals surface area contributed by atoms with Crippen LogP contribution in [-0.4, -0.2) is 23.9 Å². The van der Waals surface area contributed by atoms with Crippen molar-refractivity contribution in [3.63, 3.8) is 0 Å². The Morgan fingerprint density at radius 3 is 2.55 bits per heavy atom. The largest absolute Gasteiger partial charge is 0.390 e. The van der Waals surface area contributed by atoms with Crippen molar-refractivity contribution < 1.29 is 9.84 Å². The van der Waals surface area contributed by atoms with Crippen molar-refractivity contribution in [2.24, 2.45) is 5.41 Å². The topological polar surface area (TPSA) is 29.5 Å². The van der Waals surface area contributed by atoms with Crippen LogP contribution in [0.3, 0.4) is 0 Å². The van der Waals surface area contributed by atoms with E-state index in [1.165, 1.54) is 36.0 Å². The van der Waals surface area contributed by atoms with Gasteiger partial charge in [0.25, 0.3) is 0 Å². The molecule has 2 rings (SSSR count). The van der Waals surface area contributed by atoms with Crippen LogP contribution in [0, 0.1) is 5.41 Å². The first kappa shape index (κ1) is 15.5. The Morgan fingerprint density at radius 1 is 1.20 bits per heavy atom. The number of hydrogen-bond acceptors (Lipinski definition) is 2. The number of aliphatic hydroxyl groups excluding tert-OH is 1. The van der Waals surface area contributed by atoms with Crippen LogP contribution >= 0.6 is 0 Å². The molecule has 1 N–H and O–H groups in total. The monoisotopic (exact) mass is 276 g/mol. The molecule has 0 saturated carbocycles. The van der Waals surface area contributed by atoms with Gasteiger partial charge in [0, 0.05) is 13.0 Å². The average molecular weight is 276 g/mol. The molecule has 0 aromatic heterocycles. The summed E-state index contributed by atoms with van der Waals surface area (Å²) in [7, 11) is 0. The lowest BCUT2D eigenvalue weighted by Crippen LogP contribution is -2.41. The third-order valence-corrected chi connectivity index (χ3v) is 4.16. The molecular weight excluding hydrogens is 248 g/mol. The van der Waals surface area contributed by atoms with Gasteiger partial charge in [-0.3, -0.25) is 0 Å². The van der Waals surface area contributed by atoms with Gasteiger partial charge in [-0.2, -0.15) is 0 Å². The highest BCUT2D eigenvalue weighted by Gasteiger charge is 2.32. The van der Waals surface area contributed by atoms with E-state index < -0.39 is 6.10 Å². The lowest BCUT2D eigenvalue weighted by molar-refractivity contribution is -0.0873. The SMILES string of the molecule is CCOC(C(O)Cc1ccc2c(c1)CCC2)C(C)(C)C. The van der Waals surface area contributed by atoms with E-state index in [4.69, 9.17) is 4.74 Å². The molecule has 0 heterocycles. The van der Waals surface area contributed by atoms with E-state index in [-0.39, 0.29) is 11.5 Å². The Hall–Kier alpha value is -0.860. The Labute approximate surface area is 123 Å². The summed E-state index contributed by atoms with van der Waals surface area (Å²) >= 11 is 0. The quantitative estimate of drug-likeness (QED) is 0.891. The maximum atomic E-state index is 10.6. The van der Waals surface area contributed by atoms with E-state index in [1.807, 2.05) is 6.92 Å². The van der Waals surface area contributed by atoms with Crippen LogP contribution in [0.5, 0.6) is 0 Å². The number of aryl methyl sites for hydroxylation is 2. The number of rotatable bonds is 5. The minimum Gasteiger partial charge on any atom is -0.390 e. The van der Waals surface area contributed by atoms with Gasteiger partial charge in [0.15, 0.2) is 0 Å². The lowest BCUT2D eigenvalue weighted by atomic mass is 9.83. The van der Waals surface area contributed by atoms with E-state index >= 15 is 0 Å². The molecule has 2 unspecified atom stereocenters. The Kier molecular flexibility index (Phi) is 4.87. The second-order valence-electron chi connectivity index (χ2n) is 6.97. The van der Waals surface area contributed by atoms with Gasteiger partial charge in [-0.25, -0.2) is 0 Å². The number of fused-ring (bicyclic) bond motifs is 1. The van der Waals surface area contributed by atoms with Crippen LogP contribution in [0.2, 0.25) is 0 Å². The van der Waals surface area contributed by atoms with Crippen molar-refractivity contribution in [3.8, 4) is 0 Å². The van der Waals surface area contributed by atoms with Crippen molar-refractivity contribution in [1.29, 1.82) is 0 Å². The van der Waals surface area contributed by atoms with E-state index in [2.05, 4.69) is 39.0 Å². The van der Waals surface area contributed by atoms with E-state index in [9.17, 15) is 5.11 Å². The second-order valence-corrected chi connectivity index (χ2v) is 6.97. The van der Waals surface area contributed by atoms with Gasteiger partial charge in [-0.05, 0) is 48.3 Å². The first-order valence-electron chi connectivity index (χ1n) is 7.82. The number of ether oxygens (including phenoxy) is 1. The molecule has 2 heteroatoms. The molecule has 2 nitrogen and oxygen atoms in total. The molecule has 0 saturated heterocycles. The van der Waals surface area contributed by atoms with Gasteiger partial charge in [-0.15, -0.1) is 0 Å². The summed E-state index contributed by atoms with van der Waals surface area (Å²) in [6, 6.07) is 6.67. The highest BCUT2D eigenvalue weighted by atomic mass is 16.5. The Bertz CT molecular complexity index is 445. The third-order valence-electron chi connectivity index (χ3n) is 4.16. The molecule has 0 spiro atoms. The second kappa shape index (κ2) is 6.28. The summed E-state index contributed by atoms with van der Waals surface area (Å²) in [6.07, 6.45) is 3.77. The molecule has 112 valence electrons. The predicted molar refractivity (Wildman–Crippen MR) is 83.0 cm³/mol. The van der Waals surface area contributed by atoms with Gasteiger partial charge in [0.2, 0.25) is 0 Å². The minimum absolute atomic E-state index is 0.0494. The zero-order valence-corrected chi connectivity index (χ0v) is 13.3. The zero-order valence-electron chi connectivity index (χ0n) is 13.3. The molecule has 0 aliphatic heterocycles. The van der Waals surface area contributed by atoms with Crippen LogP contribution in [0.1, 0.15) is 50.8 Å².